The Balaban J connectivity index is -0.000000281. The first kappa shape index (κ1) is 21.3. The van der Waals surface area contributed by atoms with Crippen LogP contribution in [0.5, 0.6) is 0 Å². The van der Waals surface area contributed by atoms with Crippen molar-refractivity contribution in [3.8, 4) is 0 Å². The molecule has 1 saturated heterocycles. The van der Waals surface area contributed by atoms with E-state index in [1.807, 2.05) is 0 Å². The van der Waals surface area contributed by atoms with E-state index in [1.165, 1.54) is 0 Å². The summed E-state index contributed by atoms with van der Waals surface area (Å²) in [5.74, 6) is 0. The molecule has 0 aromatic heterocycles. The van der Waals surface area contributed by atoms with Gasteiger partial charge in [-0.15, -0.1) is 0 Å². The Bertz CT molecular complexity index is 274. The van der Waals surface area contributed by atoms with E-state index in [4.69, 9.17) is 20.3 Å². The summed E-state index contributed by atoms with van der Waals surface area (Å²) in [5.41, 5.74) is 5.38. The number of nitrogens with two attached hydrogens (primary N) is 1. The second-order valence-electron chi connectivity index (χ2n) is 3.30. The Labute approximate surface area is 146 Å². The fraction of sp³-hybridized carbons (Fsp3) is 1.00. The third-order valence-electron chi connectivity index (χ3n) is 2.08. The molecule has 0 saturated carbocycles. The first-order valence-electron chi connectivity index (χ1n) is 4.24. The van der Waals surface area contributed by atoms with Gasteiger partial charge in [0.2, 0.25) is 0 Å². The molecule has 8 nitrogen and oxygen atoms in total. The van der Waals surface area contributed by atoms with Gasteiger partial charge in [0.15, 0.2) is 0 Å². The second kappa shape index (κ2) is 8.99. The summed E-state index contributed by atoms with van der Waals surface area (Å²) in [5, 5.41) is 18.8. The smallest absolute Gasteiger partial charge is 1.00 e. The minimum atomic E-state index is -4.60. The normalized spacial score (nSPS) is 33.5. The Morgan fingerprint density at radius 2 is 1.88 bits per heavy atom. The van der Waals surface area contributed by atoms with Crippen LogP contribution in [0.2, 0.25) is 0 Å². The Morgan fingerprint density at radius 1 is 1.35 bits per heavy atom. The van der Waals surface area contributed by atoms with Crippen LogP contribution in [0, 0.1) is 0 Å². The molecule has 0 amide bonds. The molecule has 0 spiro atoms. The number of hydrogen-bond donors (Lipinski definition) is 5. The molecule has 11 heteroatoms. The van der Waals surface area contributed by atoms with Crippen molar-refractivity contribution in [2.45, 2.75) is 24.4 Å². The zero-order chi connectivity index (χ0) is 11.6. The summed E-state index contributed by atoms with van der Waals surface area (Å²) in [6.45, 7) is -0.511. The average molecular weight is 291 g/mol. The average Bonchev–Trinajstić information content (AvgIpc) is 2.12. The van der Waals surface area contributed by atoms with Gasteiger partial charge < -0.3 is 33.3 Å². The molecule has 6 N–H and O–H groups in total. The molecule has 0 radical (unpaired) electrons. The van der Waals surface area contributed by atoms with Gasteiger partial charge in [0, 0.05) is 0 Å². The summed E-state index contributed by atoms with van der Waals surface area (Å²) in [6, 6.07) is -0.716. The number of rotatable bonds is 3. The maximum absolute atomic E-state index is 10.4. The Kier molecular flexibility index (Phi) is 11.2. The molecule has 17 heavy (non-hydrogen) atoms. The summed E-state index contributed by atoms with van der Waals surface area (Å²) >= 11 is 0. The van der Waals surface area contributed by atoms with Crippen LogP contribution in [0.1, 0.15) is 2.85 Å². The predicted octanol–water partition coefficient (Wildman–Crippen LogP) is -8.22. The number of hydrogen-bond acceptors (Lipinski definition) is 6. The first-order valence-corrected chi connectivity index (χ1v) is 5.77. The van der Waals surface area contributed by atoms with Crippen molar-refractivity contribution >= 4 is 7.82 Å². The van der Waals surface area contributed by atoms with Crippen LogP contribution >= 0.6 is 7.82 Å². The first-order chi connectivity index (χ1) is 6.81. The predicted molar refractivity (Wildman–Crippen MR) is 49.9 cm³/mol. The van der Waals surface area contributed by atoms with E-state index in [0.717, 1.165) is 0 Å². The molecule has 0 aromatic carbocycles. The number of aliphatic hydroxyl groups excluding tert-OH is 2. The van der Waals surface area contributed by atoms with Crippen LogP contribution in [0.15, 0.2) is 0 Å². The fourth-order valence-electron chi connectivity index (χ4n) is 1.22. The molecule has 1 heterocycles. The zero-order valence-electron chi connectivity index (χ0n) is 11.8. The van der Waals surface area contributed by atoms with Gasteiger partial charge >= 0.3 is 66.9 Å². The molecule has 0 unspecified atom stereocenters. The van der Waals surface area contributed by atoms with Crippen molar-refractivity contribution in [2.75, 3.05) is 13.2 Å². The van der Waals surface area contributed by atoms with Crippen LogP contribution in [0.3, 0.4) is 0 Å². The van der Waals surface area contributed by atoms with E-state index < -0.39 is 38.8 Å². The minimum Gasteiger partial charge on any atom is -1.00 e. The maximum atomic E-state index is 10.4. The molecule has 4 atom stereocenters. The Hall–Kier alpha value is 1.95. The largest absolute Gasteiger partial charge is 1.00 e. The zero-order valence-corrected chi connectivity index (χ0v) is 14.7. The van der Waals surface area contributed by atoms with Crippen molar-refractivity contribution in [1.29, 1.82) is 0 Å². The number of phosphoric acid groups is 1. The van der Waals surface area contributed by atoms with E-state index in [-0.39, 0.29) is 68.6 Å². The van der Waals surface area contributed by atoms with Gasteiger partial charge in [-0.2, -0.15) is 0 Å². The van der Waals surface area contributed by atoms with Crippen molar-refractivity contribution < 1.29 is 95.8 Å². The van der Waals surface area contributed by atoms with Crippen LogP contribution in [0.4, 0.5) is 0 Å². The summed E-state index contributed by atoms with van der Waals surface area (Å²) in [7, 11) is -4.60. The molecule has 1 aliphatic rings. The van der Waals surface area contributed by atoms with E-state index in [0.29, 0.717) is 0 Å². The third kappa shape index (κ3) is 7.34. The van der Waals surface area contributed by atoms with Gasteiger partial charge in [-0.25, -0.2) is 4.57 Å². The van der Waals surface area contributed by atoms with Crippen LogP contribution in [0.25, 0.3) is 0 Å². The third-order valence-corrected chi connectivity index (χ3v) is 2.56. The van der Waals surface area contributed by atoms with Gasteiger partial charge in [-0.05, 0) is 0 Å². The van der Waals surface area contributed by atoms with Crippen LogP contribution < -0.4 is 64.8 Å². The van der Waals surface area contributed by atoms with E-state index in [2.05, 4.69) is 4.52 Å². The summed E-state index contributed by atoms with van der Waals surface area (Å²) in [4.78, 5) is 16.8. The molecule has 1 fully saturated rings. The molecule has 0 aromatic rings. The second-order valence-corrected chi connectivity index (χ2v) is 4.54. The van der Waals surface area contributed by atoms with Crippen LogP contribution in [-0.4, -0.2) is 57.6 Å². The number of phosphoric ester groups is 1. The van der Waals surface area contributed by atoms with Crippen molar-refractivity contribution in [3.63, 3.8) is 0 Å². The van der Waals surface area contributed by atoms with E-state index in [1.54, 1.807) is 0 Å². The van der Waals surface area contributed by atoms with E-state index >= 15 is 0 Å². The maximum Gasteiger partial charge on any atom is 1.00 e. The van der Waals surface area contributed by atoms with Gasteiger partial charge in [0.1, 0.15) is 12.2 Å². The molecule has 0 bridgehead atoms. The van der Waals surface area contributed by atoms with Crippen molar-refractivity contribution in [2.24, 2.45) is 5.73 Å². The van der Waals surface area contributed by atoms with Crippen molar-refractivity contribution in [1.82, 2.24) is 0 Å². The molecular formula is C6H16NNa2O7P. The fourth-order valence-corrected chi connectivity index (χ4v) is 1.56. The molecular weight excluding hydrogens is 275 g/mol. The van der Waals surface area contributed by atoms with Crippen molar-refractivity contribution in [3.05, 3.63) is 0 Å². The van der Waals surface area contributed by atoms with E-state index in [9.17, 15) is 14.8 Å². The van der Waals surface area contributed by atoms with Gasteiger partial charge in [0.25, 0.3) is 0 Å². The van der Waals surface area contributed by atoms with Crippen LogP contribution in [-0.2, 0) is 13.8 Å². The topological polar surface area (TPSA) is 142 Å². The van der Waals surface area contributed by atoms with Gasteiger partial charge in [-0.1, -0.05) is 0 Å². The molecule has 1 rings (SSSR count). The Morgan fingerprint density at radius 3 is 2.35 bits per heavy atom. The molecule has 0 aliphatic carbocycles. The molecule has 1 aliphatic heterocycles. The quantitative estimate of drug-likeness (QED) is 0.255. The van der Waals surface area contributed by atoms with Gasteiger partial charge in [0.05, 0.1) is 25.4 Å². The minimum absolute atomic E-state index is 0. The standard InChI is InChI=1S/C6H14NO7P.2Na.2H/c7-3-1-13-4(6(9)5(3)8)2-14-15(10,11)12;;;;/h3-6,8-9H,1-2,7H2,(H2,10,11,12);;;;/q;2*+1;2*-1/t3-,4-,5+,6-;;;;/m1..../s1. The number of ether oxygens (including phenoxy) is 1. The molecule has 94 valence electrons. The van der Waals surface area contributed by atoms with Gasteiger partial charge in [-0.3, -0.25) is 4.52 Å². The monoisotopic (exact) mass is 291 g/mol. The summed E-state index contributed by atoms with van der Waals surface area (Å²) < 4.78 is 19.5. The number of aliphatic hydroxyl groups is 2. The SMILES string of the molecule is N[C@@H]1CO[C@H](COP(=O)(O)O)[C@@H](O)[C@H]1O.[H-].[H-].[Na+].[Na+]. The summed E-state index contributed by atoms with van der Waals surface area (Å²) in [6.07, 6.45) is -3.50.